The van der Waals surface area contributed by atoms with Crippen LogP contribution in [0.25, 0.3) is 0 Å². The number of nitriles is 1. The van der Waals surface area contributed by atoms with Gasteiger partial charge < -0.3 is 15.2 Å². The number of halogens is 3. The largest absolute Gasteiger partial charge is 0.440 e. The number of carbonyl (C=O) groups excluding carboxylic acids is 1. The molecule has 0 amide bonds. The minimum absolute atomic E-state index is 0.0929. The molecule has 0 aliphatic carbocycles. The molecule has 0 fully saturated rings. The van der Waals surface area contributed by atoms with Crippen LogP contribution in [0.5, 0.6) is 11.5 Å². The summed E-state index contributed by atoms with van der Waals surface area (Å²) in [6, 6.07) is 17.1. The van der Waals surface area contributed by atoms with Gasteiger partial charge in [0.2, 0.25) is 5.88 Å². The highest BCUT2D eigenvalue weighted by Gasteiger charge is 2.32. The summed E-state index contributed by atoms with van der Waals surface area (Å²) in [5.41, 5.74) is 6.96. The number of hydrogen-bond donors (Lipinski definition) is 1. The summed E-state index contributed by atoms with van der Waals surface area (Å²) in [4.78, 5) is 12.5. The number of fused-ring (bicyclic) bond motifs is 1. The molecule has 4 rings (SSSR count). The van der Waals surface area contributed by atoms with Crippen molar-refractivity contribution in [3.8, 4) is 17.6 Å². The average Bonchev–Trinajstić information content (AvgIpc) is 2.73. The van der Waals surface area contributed by atoms with Gasteiger partial charge in [-0.3, -0.25) is 0 Å². The number of nitrogens with zero attached hydrogens (tertiary/aromatic N) is 1. The number of esters is 1. The molecule has 5 nitrogen and oxygen atoms in total. The Morgan fingerprint density at radius 3 is 2.58 bits per heavy atom. The lowest BCUT2D eigenvalue weighted by molar-refractivity contribution is 0.0734. The van der Waals surface area contributed by atoms with Gasteiger partial charge in [-0.2, -0.15) is 5.26 Å². The molecule has 0 radical (unpaired) electrons. The first-order valence-electron chi connectivity index (χ1n) is 9.02. The SMILES string of the molecule is N#CC1=C(N)Oc2cc(OC(=O)c3ccc(Cl)cc3Cl)ccc2C1c1ccccc1F. The Balaban J connectivity index is 1.71. The molecule has 8 heteroatoms. The average molecular weight is 455 g/mol. The quantitative estimate of drug-likeness (QED) is 0.412. The number of nitrogens with two attached hydrogens (primary N) is 1. The predicted octanol–water partition coefficient (Wildman–Crippen LogP) is 5.57. The number of benzene rings is 3. The van der Waals surface area contributed by atoms with Crippen molar-refractivity contribution >= 4 is 29.2 Å². The third-order valence-corrected chi connectivity index (χ3v) is 5.32. The van der Waals surface area contributed by atoms with Crippen LogP contribution in [0.4, 0.5) is 4.39 Å². The molecule has 1 atom stereocenters. The fourth-order valence-corrected chi connectivity index (χ4v) is 3.83. The van der Waals surface area contributed by atoms with Gasteiger partial charge in [-0.25, -0.2) is 9.18 Å². The van der Waals surface area contributed by atoms with Crippen LogP contribution in [0.1, 0.15) is 27.4 Å². The summed E-state index contributed by atoms with van der Waals surface area (Å²) in [5.74, 6) is -1.66. The second kappa shape index (κ2) is 8.31. The van der Waals surface area contributed by atoms with Crippen molar-refractivity contribution in [3.05, 3.63) is 105 Å². The molecule has 0 spiro atoms. The van der Waals surface area contributed by atoms with E-state index in [4.69, 9.17) is 38.4 Å². The zero-order chi connectivity index (χ0) is 22.1. The van der Waals surface area contributed by atoms with Crippen LogP contribution in [0.2, 0.25) is 10.0 Å². The van der Waals surface area contributed by atoms with Crippen molar-refractivity contribution in [3.63, 3.8) is 0 Å². The Bertz CT molecular complexity index is 1280. The molecule has 3 aromatic rings. The summed E-state index contributed by atoms with van der Waals surface area (Å²) >= 11 is 11.9. The van der Waals surface area contributed by atoms with E-state index in [1.165, 1.54) is 36.4 Å². The molecule has 0 aromatic heterocycles. The minimum Gasteiger partial charge on any atom is -0.440 e. The van der Waals surface area contributed by atoms with Gasteiger partial charge in [0.15, 0.2) is 0 Å². The molecule has 154 valence electrons. The number of allylic oxidation sites excluding steroid dienone is 1. The Morgan fingerprint density at radius 1 is 1.10 bits per heavy atom. The first-order chi connectivity index (χ1) is 14.9. The van der Waals surface area contributed by atoms with E-state index in [1.807, 2.05) is 6.07 Å². The summed E-state index contributed by atoms with van der Waals surface area (Å²) in [6.07, 6.45) is 0. The highest BCUT2D eigenvalue weighted by molar-refractivity contribution is 6.36. The van der Waals surface area contributed by atoms with E-state index in [9.17, 15) is 14.4 Å². The standard InChI is InChI=1S/C23H13Cl2FN2O3/c24-12-5-7-14(18(25)9-12)23(29)30-13-6-8-16-20(10-13)31-22(28)17(11-27)21(16)15-3-1-2-4-19(15)26/h1-10,21H,28H2. The molecule has 3 aromatic carbocycles. The first kappa shape index (κ1) is 20.7. The Labute approximate surface area is 187 Å². The first-order valence-corrected chi connectivity index (χ1v) is 9.78. The second-order valence-corrected chi connectivity index (χ2v) is 7.50. The lowest BCUT2D eigenvalue weighted by Crippen LogP contribution is -2.21. The Hall–Kier alpha value is -3.53. The van der Waals surface area contributed by atoms with Gasteiger partial charge in [-0.1, -0.05) is 47.5 Å². The van der Waals surface area contributed by atoms with Gasteiger partial charge in [0.05, 0.1) is 16.5 Å². The van der Waals surface area contributed by atoms with Gasteiger partial charge >= 0.3 is 5.97 Å². The fourth-order valence-electron chi connectivity index (χ4n) is 3.35. The van der Waals surface area contributed by atoms with Gasteiger partial charge in [-0.15, -0.1) is 0 Å². The van der Waals surface area contributed by atoms with Crippen LogP contribution in [0.15, 0.2) is 72.1 Å². The normalized spacial score (nSPS) is 15.0. The molecular formula is C23H13Cl2FN2O3. The van der Waals surface area contributed by atoms with Crippen molar-refractivity contribution in [1.29, 1.82) is 5.26 Å². The molecule has 31 heavy (non-hydrogen) atoms. The van der Waals surface area contributed by atoms with Crippen LogP contribution in [-0.4, -0.2) is 5.97 Å². The summed E-state index contributed by atoms with van der Waals surface area (Å²) in [5, 5.41) is 10.1. The molecule has 1 heterocycles. The van der Waals surface area contributed by atoms with E-state index < -0.39 is 17.7 Å². The molecule has 0 bridgehead atoms. The summed E-state index contributed by atoms with van der Waals surface area (Å²) in [6.45, 7) is 0. The van der Waals surface area contributed by atoms with Crippen LogP contribution in [-0.2, 0) is 0 Å². The Kier molecular flexibility index (Phi) is 5.55. The van der Waals surface area contributed by atoms with E-state index in [1.54, 1.807) is 24.3 Å². The predicted molar refractivity (Wildman–Crippen MR) is 114 cm³/mol. The molecule has 1 aliphatic heterocycles. The minimum atomic E-state index is -0.759. The summed E-state index contributed by atoms with van der Waals surface area (Å²) < 4.78 is 25.5. The fraction of sp³-hybridized carbons (Fsp3) is 0.0435. The van der Waals surface area contributed by atoms with Gasteiger partial charge in [0.25, 0.3) is 0 Å². The van der Waals surface area contributed by atoms with Crippen LogP contribution in [0, 0.1) is 17.1 Å². The van der Waals surface area contributed by atoms with Gasteiger partial charge in [-0.05, 0) is 30.3 Å². The molecular weight excluding hydrogens is 442 g/mol. The maximum Gasteiger partial charge on any atom is 0.345 e. The third-order valence-electron chi connectivity index (χ3n) is 4.77. The maximum atomic E-state index is 14.5. The van der Waals surface area contributed by atoms with Crippen molar-refractivity contribution in [2.45, 2.75) is 5.92 Å². The lowest BCUT2D eigenvalue weighted by Gasteiger charge is -2.27. The van der Waals surface area contributed by atoms with Gasteiger partial charge in [0.1, 0.15) is 29.0 Å². The van der Waals surface area contributed by atoms with E-state index in [0.29, 0.717) is 10.6 Å². The number of ether oxygens (including phenoxy) is 2. The maximum absolute atomic E-state index is 14.5. The van der Waals surface area contributed by atoms with E-state index in [-0.39, 0.29) is 39.1 Å². The van der Waals surface area contributed by atoms with E-state index >= 15 is 0 Å². The zero-order valence-electron chi connectivity index (χ0n) is 15.7. The van der Waals surface area contributed by atoms with Crippen molar-refractivity contribution < 1.29 is 18.7 Å². The van der Waals surface area contributed by atoms with Crippen molar-refractivity contribution in [2.75, 3.05) is 0 Å². The molecule has 2 N–H and O–H groups in total. The van der Waals surface area contributed by atoms with Crippen molar-refractivity contribution in [1.82, 2.24) is 0 Å². The molecule has 1 aliphatic rings. The zero-order valence-corrected chi connectivity index (χ0v) is 17.2. The smallest absolute Gasteiger partial charge is 0.345 e. The van der Waals surface area contributed by atoms with Crippen LogP contribution in [0.3, 0.4) is 0 Å². The number of carbonyl (C=O) groups is 1. The molecule has 0 saturated heterocycles. The highest BCUT2D eigenvalue weighted by atomic mass is 35.5. The van der Waals surface area contributed by atoms with E-state index in [0.717, 1.165) is 0 Å². The van der Waals surface area contributed by atoms with Crippen LogP contribution < -0.4 is 15.2 Å². The number of hydrogen-bond acceptors (Lipinski definition) is 5. The lowest BCUT2D eigenvalue weighted by atomic mass is 9.83. The monoisotopic (exact) mass is 454 g/mol. The summed E-state index contributed by atoms with van der Waals surface area (Å²) in [7, 11) is 0. The third kappa shape index (κ3) is 3.93. The van der Waals surface area contributed by atoms with Gasteiger partial charge in [0, 0.05) is 22.2 Å². The Morgan fingerprint density at radius 2 is 1.87 bits per heavy atom. The van der Waals surface area contributed by atoms with Crippen LogP contribution >= 0.6 is 23.2 Å². The number of rotatable bonds is 3. The highest BCUT2D eigenvalue weighted by Crippen LogP contribution is 2.44. The topological polar surface area (TPSA) is 85.3 Å². The van der Waals surface area contributed by atoms with Crippen molar-refractivity contribution in [2.24, 2.45) is 5.73 Å². The molecule has 0 saturated carbocycles. The second-order valence-electron chi connectivity index (χ2n) is 6.66. The van der Waals surface area contributed by atoms with E-state index in [2.05, 4.69) is 0 Å². The molecule has 1 unspecified atom stereocenters.